The van der Waals surface area contributed by atoms with Gasteiger partial charge in [-0.2, -0.15) is 5.10 Å². The van der Waals surface area contributed by atoms with E-state index in [2.05, 4.69) is 19.2 Å². The zero-order valence-corrected chi connectivity index (χ0v) is 20.3. The Kier molecular flexibility index (Phi) is 6.62. The summed E-state index contributed by atoms with van der Waals surface area (Å²) in [6.45, 7) is 8.91. The number of carbonyl (C=O) groups is 2. The lowest BCUT2D eigenvalue weighted by Gasteiger charge is -2.41. The molecule has 1 saturated carbocycles. The van der Waals surface area contributed by atoms with Crippen molar-refractivity contribution >= 4 is 11.9 Å². The lowest BCUT2D eigenvalue weighted by Crippen LogP contribution is -2.41. The molecule has 3 heterocycles. The highest BCUT2D eigenvalue weighted by Gasteiger charge is 2.46. The minimum atomic E-state index is -0.813. The molecule has 0 bridgehead atoms. The molecule has 1 aliphatic carbocycles. The third-order valence-electron chi connectivity index (χ3n) is 8.21. The third kappa shape index (κ3) is 4.83. The summed E-state index contributed by atoms with van der Waals surface area (Å²) in [5.74, 6) is -0.823. The molecule has 3 N–H and O–H groups in total. The Labute approximate surface area is 196 Å². The Morgan fingerprint density at radius 3 is 2.52 bits per heavy atom. The van der Waals surface area contributed by atoms with Crippen molar-refractivity contribution in [2.24, 2.45) is 16.2 Å². The average Bonchev–Trinajstić information content (AvgIpc) is 3.03. The molecule has 4 rings (SSSR count). The van der Waals surface area contributed by atoms with Crippen LogP contribution in [-0.2, 0) is 28.9 Å². The van der Waals surface area contributed by atoms with Crippen LogP contribution < -0.4 is 5.32 Å². The monoisotopic (exact) mass is 461 g/mol. The number of carboxylic acid groups (broad SMARTS) is 1. The smallest absolute Gasteiger partial charge is 0.309 e. The highest BCUT2D eigenvalue weighted by molar-refractivity contribution is 5.94. The molecular weight excluding hydrogens is 422 g/mol. The molecule has 33 heavy (non-hydrogen) atoms. The van der Waals surface area contributed by atoms with E-state index in [1.165, 1.54) is 0 Å². The molecule has 1 aromatic heterocycles. The normalized spacial score (nSPS) is 27.6. The summed E-state index contributed by atoms with van der Waals surface area (Å²) in [6, 6.07) is 0. The first-order valence-corrected chi connectivity index (χ1v) is 12.4. The average molecular weight is 462 g/mol. The van der Waals surface area contributed by atoms with Gasteiger partial charge in [0, 0.05) is 31.9 Å². The van der Waals surface area contributed by atoms with Gasteiger partial charge in [0.1, 0.15) is 5.69 Å². The second kappa shape index (κ2) is 9.02. The van der Waals surface area contributed by atoms with Crippen LogP contribution in [0.15, 0.2) is 0 Å². The summed E-state index contributed by atoms with van der Waals surface area (Å²) in [5.41, 5.74) is 1.49. The van der Waals surface area contributed by atoms with E-state index in [0.29, 0.717) is 70.5 Å². The number of nitrogens with zero attached hydrogens (tertiary/aromatic N) is 2. The maximum Gasteiger partial charge on any atom is 0.309 e. The fourth-order valence-corrected chi connectivity index (χ4v) is 6.36. The molecule has 2 fully saturated rings. The molecular formula is C25H39N3O5. The van der Waals surface area contributed by atoms with E-state index in [1.54, 1.807) is 0 Å². The van der Waals surface area contributed by atoms with E-state index in [1.807, 2.05) is 11.6 Å². The van der Waals surface area contributed by atoms with Gasteiger partial charge in [-0.25, -0.2) is 0 Å². The van der Waals surface area contributed by atoms with E-state index in [0.717, 1.165) is 30.5 Å². The van der Waals surface area contributed by atoms with Crippen molar-refractivity contribution in [1.29, 1.82) is 0 Å². The minimum absolute atomic E-state index is 0.0124. The molecule has 3 aliphatic rings. The topological polar surface area (TPSA) is 114 Å². The summed E-state index contributed by atoms with van der Waals surface area (Å²) in [5, 5.41) is 28.1. The Morgan fingerprint density at radius 1 is 1.24 bits per heavy atom. The van der Waals surface area contributed by atoms with Crippen LogP contribution in [0, 0.1) is 16.2 Å². The molecule has 0 atom stereocenters. The molecule has 1 aromatic rings. The van der Waals surface area contributed by atoms with Crippen molar-refractivity contribution in [3.63, 3.8) is 0 Å². The number of aromatic nitrogens is 2. The second-order valence-corrected chi connectivity index (χ2v) is 11.4. The van der Waals surface area contributed by atoms with E-state index in [4.69, 9.17) is 9.84 Å². The summed E-state index contributed by atoms with van der Waals surface area (Å²) < 4.78 is 7.43. The van der Waals surface area contributed by atoms with Crippen LogP contribution >= 0.6 is 0 Å². The van der Waals surface area contributed by atoms with E-state index >= 15 is 0 Å². The van der Waals surface area contributed by atoms with Crippen LogP contribution in [0.25, 0.3) is 0 Å². The zero-order chi connectivity index (χ0) is 23.9. The van der Waals surface area contributed by atoms with Gasteiger partial charge in [0.2, 0.25) is 0 Å². The predicted octanol–water partition coefficient (Wildman–Crippen LogP) is 2.95. The Balaban J connectivity index is 1.64. The van der Waals surface area contributed by atoms with Crippen LogP contribution in [0.4, 0.5) is 0 Å². The maximum atomic E-state index is 13.1. The predicted molar refractivity (Wildman–Crippen MR) is 123 cm³/mol. The second-order valence-electron chi connectivity index (χ2n) is 11.4. The molecule has 184 valence electrons. The third-order valence-corrected chi connectivity index (χ3v) is 8.21. The van der Waals surface area contributed by atoms with Crippen LogP contribution in [0.3, 0.4) is 0 Å². The summed E-state index contributed by atoms with van der Waals surface area (Å²) in [7, 11) is 0. The number of hydrogen-bond acceptors (Lipinski definition) is 5. The van der Waals surface area contributed by atoms with Crippen LogP contribution in [0.1, 0.15) is 87.5 Å². The number of rotatable bonds is 6. The highest BCUT2D eigenvalue weighted by atomic mass is 16.5. The SMILES string of the molecule is CCn1nc(CC(C)(C)CC2(C(=O)O)CCC(O)CC2)c2c1C(=O)NCC1(CCOCC1)C2. The fourth-order valence-electron chi connectivity index (χ4n) is 6.36. The van der Waals surface area contributed by atoms with Crippen LogP contribution in [-0.4, -0.2) is 57.7 Å². The van der Waals surface area contributed by atoms with Gasteiger partial charge in [0.15, 0.2) is 0 Å². The first-order valence-electron chi connectivity index (χ1n) is 12.4. The molecule has 0 unspecified atom stereocenters. The van der Waals surface area contributed by atoms with Crippen molar-refractivity contribution in [3.8, 4) is 0 Å². The largest absolute Gasteiger partial charge is 0.481 e. The van der Waals surface area contributed by atoms with Gasteiger partial charge in [-0.3, -0.25) is 14.3 Å². The Bertz CT molecular complexity index is 892. The molecule has 0 aromatic carbocycles. The number of aliphatic hydroxyl groups excluding tert-OH is 1. The number of nitrogens with one attached hydrogen (secondary N) is 1. The lowest BCUT2D eigenvalue weighted by molar-refractivity contribution is -0.155. The standard InChI is InChI=1S/C25H39N3O5/c1-4-28-20-18(13-24(16-26-21(20)30)9-11-33-12-10-24)19(27-28)14-23(2,3)15-25(22(31)32)7-5-17(29)6-8-25/h17,29H,4-16H2,1-3H3,(H,26,30)(H,31,32). The maximum absolute atomic E-state index is 13.1. The molecule has 1 spiro atoms. The van der Waals surface area contributed by atoms with Gasteiger partial charge in [0.25, 0.3) is 5.91 Å². The van der Waals surface area contributed by atoms with Gasteiger partial charge < -0.3 is 20.3 Å². The first-order chi connectivity index (χ1) is 15.6. The van der Waals surface area contributed by atoms with Crippen molar-refractivity contribution in [1.82, 2.24) is 15.1 Å². The summed E-state index contributed by atoms with van der Waals surface area (Å²) in [6.07, 6.45) is 5.45. The van der Waals surface area contributed by atoms with E-state index in [9.17, 15) is 19.8 Å². The summed E-state index contributed by atoms with van der Waals surface area (Å²) >= 11 is 0. The van der Waals surface area contributed by atoms with Crippen LogP contribution in [0.5, 0.6) is 0 Å². The fraction of sp³-hybridized carbons (Fsp3) is 0.800. The number of fused-ring (bicyclic) bond motifs is 1. The van der Waals surface area contributed by atoms with Gasteiger partial charge in [-0.05, 0) is 75.5 Å². The first kappa shape index (κ1) is 24.2. The van der Waals surface area contributed by atoms with E-state index in [-0.39, 0.29) is 16.7 Å². The molecule has 8 heteroatoms. The molecule has 0 radical (unpaired) electrons. The van der Waals surface area contributed by atoms with Gasteiger partial charge >= 0.3 is 5.97 Å². The molecule has 8 nitrogen and oxygen atoms in total. The zero-order valence-electron chi connectivity index (χ0n) is 20.3. The number of ether oxygens (including phenoxy) is 1. The quantitative estimate of drug-likeness (QED) is 0.600. The number of aliphatic hydroxyl groups is 1. The summed E-state index contributed by atoms with van der Waals surface area (Å²) in [4.78, 5) is 25.4. The molecule has 2 aliphatic heterocycles. The minimum Gasteiger partial charge on any atom is -0.481 e. The molecule has 1 amide bonds. The number of aliphatic carboxylic acids is 1. The van der Waals surface area contributed by atoms with Gasteiger partial charge in [-0.15, -0.1) is 0 Å². The lowest BCUT2D eigenvalue weighted by atomic mass is 9.63. The number of carboxylic acids is 1. The van der Waals surface area contributed by atoms with E-state index < -0.39 is 17.5 Å². The number of carbonyl (C=O) groups excluding carboxylic acids is 1. The van der Waals surface area contributed by atoms with Gasteiger partial charge in [-0.1, -0.05) is 13.8 Å². The number of amides is 1. The number of aryl methyl sites for hydroxylation is 1. The van der Waals surface area contributed by atoms with Gasteiger partial charge in [0.05, 0.1) is 17.2 Å². The van der Waals surface area contributed by atoms with Crippen molar-refractivity contribution in [2.75, 3.05) is 19.8 Å². The Morgan fingerprint density at radius 2 is 1.91 bits per heavy atom. The molecule has 1 saturated heterocycles. The Hall–Kier alpha value is -1.93. The van der Waals surface area contributed by atoms with Crippen molar-refractivity contribution in [2.45, 2.75) is 91.2 Å². The highest BCUT2D eigenvalue weighted by Crippen LogP contribution is 2.47. The van der Waals surface area contributed by atoms with Crippen molar-refractivity contribution < 1.29 is 24.5 Å². The number of hydrogen-bond donors (Lipinski definition) is 3. The van der Waals surface area contributed by atoms with Crippen molar-refractivity contribution in [3.05, 3.63) is 17.0 Å². The van der Waals surface area contributed by atoms with Crippen LogP contribution in [0.2, 0.25) is 0 Å².